The zero-order valence-corrected chi connectivity index (χ0v) is 10.1. The number of amides is 1. The van der Waals surface area contributed by atoms with Crippen molar-refractivity contribution < 1.29 is 4.79 Å². The maximum atomic E-state index is 11.8. The molecule has 3 nitrogen and oxygen atoms in total. The Labute approximate surface area is 97.9 Å². The summed E-state index contributed by atoms with van der Waals surface area (Å²) in [6.45, 7) is 2.21. The lowest BCUT2D eigenvalue weighted by molar-refractivity contribution is -0.122. The number of allylic oxidation sites excluding steroid dienone is 2. The molecule has 1 heterocycles. The number of carbonyl (C=O) groups excluding carboxylic acids is 1. The van der Waals surface area contributed by atoms with E-state index in [0.717, 1.165) is 38.8 Å². The fraction of sp³-hybridized carbons (Fsp3) is 0.769. The summed E-state index contributed by atoms with van der Waals surface area (Å²) in [4.78, 5) is 14.1. The van der Waals surface area contributed by atoms with Crippen molar-refractivity contribution in [3.8, 4) is 0 Å². The van der Waals surface area contributed by atoms with Crippen LogP contribution in [-0.2, 0) is 4.79 Å². The summed E-state index contributed by atoms with van der Waals surface area (Å²) in [5, 5.41) is 3.17. The number of carbonyl (C=O) groups is 1. The highest BCUT2D eigenvalue weighted by Crippen LogP contribution is 2.20. The van der Waals surface area contributed by atoms with Gasteiger partial charge in [0.2, 0.25) is 5.91 Å². The van der Waals surface area contributed by atoms with E-state index in [1.807, 2.05) is 0 Å². The molecule has 16 heavy (non-hydrogen) atoms. The van der Waals surface area contributed by atoms with Crippen molar-refractivity contribution in [3.05, 3.63) is 12.2 Å². The third kappa shape index (κ3) is 3.34. The molecule has 1 saturated heterocycles. The molecule has 1 N–H and O–H groups in total. The van der Waals surface area contributed by atoms with Crippen LogP contribution in [0, 0.1) is 5.92 Å². The van der Waals surface area contributed by atoms with Gasteiger partial charge in [-0.2, -0.15) is 0 Å². The van der Waals surface area contributed by atoms with Gasteiger partial charge in [-0.15, -0.1) is 0 Å². The average molecular weight is 222 g/mol. The first-order valence-corrected chi connectivity index (χ1v) is 6.38. The number of nitrogens with zero attached hydrogens (tertiary/aromatic N) is 1. The molecule has 1 atom stereocenters. The number of nitrogens with one attached hydrogen (secondary N) is 1. The Kier molecular flexibility index (Phi) is 3.99. The van der Waals surface area contributed by atoms with Crippen molar-refractivity contribution in [1.29, 1.82) is 0 Å². The van der Waals surface area contributed by atoms with Gasteiger partial charge in [0.1, 0.15) is 0 Å². The molecule has 1 unspecified atom stereocenters. The minimum atomic E-state index is 0.242. The first-order chi connectivity index (χ1) is 7.74. The highest BCUT2D eigenvalue weighted by Gasteiger charge is 2.20. The van der Waals surface area contributed by atoms with Crippen LogP contribution in [0.2, 0.25) is 0 Å². The normalized spacial score (nSPS) is 27.2. The Morgan fingerprint density at radius 3 is 2.75 bits per heavy atom. The Morgan fingerprint density at radius 1 is 1.38 bits per heavy atom. The summed E-state index contributed by atoms with van der Waals surface area (Å²) in [5.41, 5.74) is 0. The van der Waals surface area contributed by atoms with Gasteiger partial charge in [-0.1, -0.05) is 12.2 Å². The first-order valence-electron chi connectivity index (χ1n) is 6.38. The van der Waals surface area contributed by atoms with Crippen LogP contribution in [0.5, 0.6) is 0 Å². The second-order valence-electron chi connectivity index (χ2n) is 5.11. The van der Waals surface area contributed by atoms with Crippen LogP contribution in [0.4, 0.5) is 0 Å². The molecular weight excluding hydrogens is 200 g/mol. The summed E-state index contributed by atoms with van der Waals surface area (Å²) in [7, 11) is 2.14. The summed E-state index contributed by atoms with van der Waals surface area (Å²) >= 11 is 0. The van der Waals surface area contributed by atoms with E-state index in [4.69, 9.17) is 0 Å². The molecule has 0 saturated carbocycles. The van der Waals surface area contributed by atoms with Crippen LogP contribution in [-0.4, -0.2) is 37.0 Å². The Morgan fingerprint density at radius 2 is 2.12 bits per heavy atom. The summed E-state index contributed by atoms with van der Waals surface area (Å²) < 4.78 is 0. The summed E-state index contributed by atoms with van der Waals surface area (Å²) in [6, 6.07) is 0.411. The minimum absolute atomic E-state index is 0.242. The molecule has 2 rings (SSSR count). The largest absolute Gasteiger partial charge is 0.353 e. The predicted octanol–water partition coefficient (Wildman–Crippen LogP) is 1.55. The predicted molar refractivity (Wildman–Crippen MR) is 65.1 cm³/mol. The Bertz CT molecular complexity index is 267. The fourth-order valence-electron chi connectivity index (χ4n) is 2.54. The zero-order chi connectivity index (χ0) is 11.4. The second-order valence-corrected chi connectivity index (χ2v) is 5.11. The molecule has 3 heteroatoms. The van der Waals surface area contributed by atoms with Gasteiger partial charge in [-0.25, -0.2) is 0 Å². The van der Waals surface area contributed by atoms with Crippen molar-refractivity contribution in [2.45, 2.75) is 38.1 Å². The third-order valence-corrected chi connectivity index (χ3v) is 3.64. The lowest BCUT2D eigenvalue weighted by atomic mass is 10.0. The van der Waals surface area contributed by atoms with Gasteiger partial charge in [0.25, 0.3) is 0 Å². The number of rotatable bonds is 3. The van der Waals surface area contributed by atoms with Gasteiger partial charge in [0.15, 0.2) is 0 Å². The third-order valence-electron chi connectivity index (χ3n) is 3.64. The lowest BCUT2D eigenvalue weighted by Gasteiger charge is -2.29. The topological polar surface area (TPSA) is 32.3 Å². The van der Waals surface area contributed by atoms with E-state index in [1.54, 1.807) is 0 Å². The molecule has 1 aliphatic carbocycles. The van der Waals surface area contributed by atoms with E-state index < -0.39 is 0 Å². The maximum absolute atomic E-state index is 11.8. The van der Waals surface area contributed by atoms with Crippen LogP contribution in [0.15, 0.2) is 12.2 Å². The van der Waals surface area contributed by atoms with Crippen LogP contribution >= 0.6 is 0 Å². The van der Waals surface area contributed by atoms with Gasteiger partial charge < -0.3 is 10.2 Å². The Balaban J connectivity index is 1.68. The van der Waals surface area contributed by atoms with Gasteiger partial charge in [0, 0.05) is 12.5 Å². The van der Waals surface area contributed by atoms with Crippen LogP contribution in [0.3, 0.4) is 0 Å². The van der Waals surface area contributed by atoms with Gasteiger partial charge in [0.05, 0.1) is 0 Å². The van der Waals surface area contributed by atoms with Gasteiger partial charge >= 0.3 is 0 Å². The number of likely N-dealkylation sites (tertiary alicyclic amines) is 1. The molecule has 0 bridgehead atoms. The van der Waals surface area contributed by atoms with E-state index in [0.29, 0.717) is 18.4 Å². The number of piperidine rings is 1. The van der Waals surface area contributed by atoms with Crippen LogP contribution < -0.4 is 5.32 Å². The molecule has 1 amide bonds. The molecule has 0 aromatic heterocycles. The molecule has 1 fully saturated rings. The lowest BCUT2D eigenvalue weighted by Crippen LogP contribution is -2.43. The van der Waals surface area contributed by atoms with E-state index in [-0.39, 0.29) is 5.91 Å². The molecule has 0 aromatic rings. The van der Waals surface area contributed by atoms with E-state index >= 15 is 0 Å². The van der Waals surface area contributed by atoms with E-state index in [1.165, 1.54) is 0 Å². The first kappa shape index (κ1) is 11.6. The zero-order valence-electron chi connectivity index (χ0n) is 10.1. The van der Waals surface area contributed by atoms with Crippen molar-refractivity contribution in [1.82, 2.24) is 10.2 Å². The van der Waals surface area contributed by atoms with Crippen molar-refractivity contribution in [2.75, 3.05) is 20.1 Å². The van der Waals surface area contributed by atoms with Gasteiger partial charge in [-0.05, 0) is 51.7 Å². The molecule has 0 radical (unpaired) electrons. The van der Waals surface area contributed by atoms with Gasteiger partial charge in [-0.3, -0.25) is 4.79 Å². The number of hydrogen-bond donors (Lipinski definition) is 1. The van der Waals surface area contributed by atoms with Crippen molar-refractivity contribution in [2.24, 2.45) is 5.92 Å². The minimum Gasteiger partial charge on any atom is -0.353 e. The van der Waals surface area contributed by atoms with E-state index in [2.05, 4.69) is 29.4 Å². The van der Waals surface area contributed by atoms with Crippen LogP contribution in [0.25, 0.3) is 0 Å². The fourth-order valence-corrected chi connectivity index (χ4v) is 2.54. The maximum Gasteiger partial charge on any atom is 0.220 e. The monoisotopic (exact) mass is 222 g/mol. The van der Waals surface area contributed by atoms with E-state index in [9.17, 15) is 4.79 Å². The van der Waals surface area contributed by atoms with Crippen molar-refractivity contribution in [3.63, 3.8) is 0 Å². The summed E-state index contributed by atoms with van der Waals surface area (Å²) in [5.74, 6) is 0.734. The molecule has 0 aromatic carbocycles. The quantitative estimate of drug-likeness (QED) is 0.735. The molecule has 90 valence electrons. The Hall–Kier alpha value is -0.830. The average Bonchev–Trinajstić information content (AvgIpc) is 2.74. The molecule has 2 aliphatic rings. The highest BCUT2D eigenvalue weighted by atomic mass is 16.1. The molecule has 0 spiro atoms. The van der Waals surface area contributed by atoms with Crippen LogP contribution in [0.1, 0.15) is 32.1 Å². The smallest absolute Gasteiger partial charge is 0.220 e. The molecular formula is C13H22N2O. The SMILES string of the molecule is CN1CCC(NC(=O)CC2C=CCC2)CC1. The highest BCUT2D eigenvalue weighted by molar-refractivity contribution is 5.76. The number of hydrogen-bond acceptors (Lipinski definition) is 2. The summed E-state index contributed by atoms with van der Waals surface area (Å²) in [6.07, 6.45) is 9.56. The molecule has 1 aliphatic heterocycles. The van der Waals surface area contributed by atoms with Crippen molar-refractivity contribution >= 4 is 5.91 Å². The standard InChI is InChI=1S/C13H22N2O/c1-15-8-6-12(7-9-15)14-13(16)10-11-4-2-3-5-11/h2,4,11-12H,3,5-10H2,1H3,(H,14,16). The second kappa shape index (κ2) is 5.48.